The molecule has 0 aliphatic rings. The van der Waals surface area contributed by atoms with Gasteiger partial charge in [-0.25, -0.2) is 0 Å². The summed E-state index contributed by atoms with van der Waals surface area (Å²) in [6.07, 6.45) is 0. The number of methoxy groups -OCH3 is 1. The minimum absolute atomic E-state index is 0.260. The summed E-state index contributed by atoms with van der Waals surface area (Å²) in [5.74, 6) is -0.695. The van der Waals surface area contributed by atoms with E-state index in [0.29, 0.717) is 0 Å². The van der Waals surface area contributed by atoms with Crippen LogP contribution in [0.3, 0.4) is 0 Å². The van der Waals surface area contributed by atoms with Gasteiger partial charge in [-0.15, -0.1) is 0 Å². The first-order valence-electron chi connectivity index (χ1n) is 5.52. The summed E-state index contributed by atoms with van der Waals surface area (Å²) in [6.45, 7) is 5.50. The zero-order chi connectivity index (χ0) is 13.0. The van der Waals surface area contributed by atoms with E-state index >= 15 is 0 Å². The van der Waals surface area contributed by atoms with E-state index < -0.39 is 10.8 Å². The lowest BCUT2D eigenvalue weighted by molar-refractivity contribution is -0.144. The number of rotatable bonds is 4. The van der Waals surface area contributed by atoms with Gasteiger partial charge in [0.05, 0.1) is 23.8 Å². The van der Waals surface area contributed by atoms with Crippen molar-refractivity contribution >= 4 is 16.8 Å². The van der Waals surface area contributed by atoms with Crippen LogP contribution < -0.4 is 0 Å². The molecule has 1 aromatic carbocycles. The molecule has 1 rings (SSSR count). The first kappa shape index (κ1) is 13.9. The Balaban J connectivity index is 2.86. The van der Waals surface area contributed by atoms with Crippen molar-refractivity contribution in [3.63, 3.8) is 0 Å². The van der Waals surface area contributed by atoms with Crippen molar-refractivity contribution in [1.29, 1.82) is 0 Å². The molecule has 0 aliphatic heterocycles. The predicted octanol–water partition coefficient (Wildman–Crippen LogP) is 2.30. The van der Waals surface area contributed by atoms with Crippen molar-refractivity contribution in [2.24, 2.45) is 5.92 Å². The van der Waals surface area contributed by atoms with Gasteiger partial charge >= 0.3 is 5.97 Å². The quantitative estimate of drug-likeness (QED) is 0.774. The fraction of sp³-hybridized carbons (Fsp3) is 0.462. The van der Waals surface area contributed by atoms with E-state index in [9.17, 15) is 9.00 Å². The van der Waals surface area contributed by atoms with Gasteiger partial charge in [0, 0.05) is 10.1 Å². The minimum atomic E-state index is -1.19. The highest BCUT2D eigenvalue weighted by Gasteiger charge is 2.26. The number of carbonyl (C=O) groups is 1. The molecule has 0 spiro atoms. The van der Waals surface area contributed by atoms with E-state index in [1.54, 1.807) is 13.8 Å². The van der Waals surface area contributed by atoms with Gasteiger partial charge in [0.15, 0.2) is 0 Å². The largest absolute Gasteiger partial charge is 0.469 e. The van der Waals surface area contributed by atoms with Crippen molar-refractivity contribution in [2.75, 3.05) is 7.11 Å². The number of hydrogen-bond acceptors (Lipinski definition) is 3. The Morgan fingerprint density at radius 2 is 2.00 bits per heavy atom. The second-order valence-electron chi connectivity index (χ2n) is 4.13. The third-order valence-electron chi connectivity index (χ3n) is 2.84. The molecule has 0 heterocycles. The zero-order valence-corrected chi connectivity index (χ0v) is 11.4. The summed E-state index contributed by atoms with van der Waals surface area (Å²) in [7, 11) is 0.157. The molecular formula is C13H18O3S. The van der Waals surface area contributed by atoms with Gasteiger partial charge in [0.2, 0.25) is 0 Å². The standard InChI is InChI=1S/C13H18O3S/c1-9-6-5-7-12(8-9)17(15)11(3)10(2)13(14)16-4/h5-8,10-11H,1-4H3. The molecule has 0 saturated carbocycles. The molecule has 0 fully saturated rings. The maximum atomic E-state index is 12.3. The van der Waals surface area contributed by atoms with Crippen LogP contribution in [-0.2, 0) is 20.3 Å². The second kappa shape index (κ2) is 5.96. The maximum Gasteiger partial charge on any atom is 0.309 e. The number of esters is 1. The highest BCUT2D eigenvalue weighted by molar-refractivity contribution is 7.85. The van der Waals surface area contributed by atoms with Crippen LogP contribution in [0.2, 0.25) is 0 Å². The molecule has 0 aromatic heterocycles. The Hall–Kier alpha value is -1.16. The fourth-order valence-electron chi connectivity index (χ4n) is 1.52. The SMILES string of the molecule is COC(=O)C(C)C(C)S(=O)c1cccc(C)c1. The van der Waals surface area contributed by atoms with E-state index in [0.717, 1.165) is 10.5 Å². The lowest BCUT2D eigenvalue weighted by Crippen LogP contribution is -2.28. The van der Waals surface area contributed by atoms with Gasteiger partial charge in [-0.2, -0.15) is 0 Å². The van der Waals surface area contributed by atoms with Crippen LogP contribution in [0.25, 0.3) is 0 Å². The van der Waals surface area contributed by atoms with Crippen LogP contribution in [0.15, 0.2) is 29.2 Å². The van der Waals surface area contributed by atoms with E-state index in [2.05, 4.69) is 4.74 Å². The Bertz CT molecular complexity index is 428. The number of ether oxygens (including phenoxy) is 1. The molecule has 0 radical (unpaired) electrons. The molecule has 17 heavy (non-hydrogen) atoms. The molecule has 4 heteroatoms. The zero-order valence-electron chi connectivity index (χ0n) is 10.6. The molecular weight excluding hydrogens is 236 g/mol. The highest BCUT2D eigenvalue weighted by atomic mass is 32.2. The minimum Gasteiger partial charge on any atom is -0.469 e. The van der Waals surface area contributed by atoms with Crippen molar-refractivity contribution in [2.45, 2.75) is 30.9 Å². The first-order chi connectivity index (χ1) is 7.97. The molecule has 3 atom stereocenters. The smallest absolute Gasteiger partial charge is 0.309 e. The lowest BCUT2D eigenvalue weighted by atomic mass is 10.1. The van der Waals surface area contributed by atoms with Gasteiger partial charge < -0.3 is 4.74 Å². The molecule has 0 amide bonds. The van der Waals surface area contributed by atoms with Gasteiger partial charge in [-0.1, -0.05) is 19.1 Å². The molecule has 3 nitrogen and oxygen atoms in total. The van der Waals surface area contributed by atoms with Crippen molar-refractivity contribution in [1.82, 2.24) is 0 Å². The normalized spacial score (nSPS) is 16.0. The Morgan fingerprint density at radius 3 is 2.53 bits per heavy atom. The fourth-order valence-corrected chi connectivity index (χ4v) is 2.94. The van der Waals surface area contributed by atoms with E-state index in [1.165, 1.54) is 7.11 Å². The maximum absolute atomic E-state index is 12.3. The topological polar surface area (TPSA) is 43.4 Å². The second-order valence-corrected chi connectivity index (χ2v) is 5.94. The average molecular weight is 254 g/mol. The number of hydrogen-bond donors (Lipinski definition) is 0. The van der Waals surface area contributed by atoms with Crippen LogP contribution in [0.1, 0.15) is 19.4 Å². The Morgan fingerprint density at radius 1 is 1.35 bits per heavy atom. The van der Waals surface area contributed by atoms with Crippen molar-refractivity contribution in [3.8, 4) is 0 Å². The molecule has 0 N–H and O–H groups in total. The van der Waals surface area contributed by atoms with Crippen LogP contribution in [-0.4, -0.2) is 22.5 Å². The first-order valence-corrected chi connectivity index (χ1v) is 6.73. The third-order valence-corrected chi connectivity index (χ3v) is 4.64. The van der Waals surface area contributed by atoms with Crippen LogP contribution in [0.4, 0.5) is 0 Å². The molecule has 3 unspecified atom stereocenters. The summed E-state index contributed by atoms with van der Waals surface area (Å²) < 4.78 is 16.9. The molecule has 0 aliphatic carbocycles. The lowest BCUT2D eigenvalue weighted by Gasteiger charge is -2.17. The highest BCUT2D eigenvalue weighted by Crippen LogP contribution is 2.19. The average Bonchev–Trinajstić information content (AvgIpc) is 2.35. The van der Waals surface area contributed by atoms with Gasteiger partial charge in [-0.05, 0) is 31.5 Å². The number of benzene rings is 1. The summed E-state index contributed by atoms with van der Waals surface area (Å²) >= 11 is 0. The molecule has 94 valence electrons. The van der Waals surface area contributed by atoms with Gasteiger partial charge in [0.1, 0.15) is 0 Å². The summed E-state index contributed by atoms with van der Waals surface area (Å²) in [6, 6.07) is 7.54. The molecule has 0 bridgehead atoms. The van der Waals surface area contributed by atoms with E-state index in [-0.39, 0.29) is 17.1 Å². The van der Waals surface area contributed by atoms with Crippen molar-refractivity contribution in [3.05, 3.63) is 29.8 Å². The van der Waals surface area contributed by atoms with Crippen LogP contribution >= 0.6 is 0 Å². The van der Waals surface area contributed by atoms with E-state index in [4.69, 9.17) is 0 Å². The Labute approximate surface area is 105 Å². The predicted molar refractivity (Wildman–Crippen MR) is 68.2 cm³/mol. The van der Waals surface area contributed by atoms with E-state index in [1.807, 2.05) is 31.2 Å². The summed E-state index contributed by atoms with van der Waals surface area (Å²) in [5, 5.41) is -0.260. The third kappa shape index (κ3) is 3.40. The summed E-state index contributed by atoms with van der Waals surface area (Å²) in [4.78, 5) is 12.2. The number of aryl methyl sites for hydroxylation is 1. The summed E-state index contributed by atoms with van der Waals surface area (Å²) in [5.41, 5.74) is 1.06. The van der Waals surface area contributed by atoms with Gasteiger partial charge in [-0.3, -0.25) is 9.00 Å². The molecule has 1 aromatic rings. The molecule has 0 saturated heterocycles. The van der Waals surface area contributed by atoms with Crippen LogP contribution in [0, 0.1) is 12.8 Å². The van der Waals surface area contributed by atoms with Gasteiger partial charge in [0.25, 0.3) is 0 Å². The van der Waals surface area contributed by atoms with Crippen LogP contribution in [0.5, 0.6) is 0 Å². The van der Waals surface area contributed by atoms with Crippen molar-refractivity contribution < 1.29 is 13.7 Å². The monoisotopic (exact) mass is 254 g/mol. The number of carbonyl (C=O) groups excluding carboxylic acids is 1. The Kier molecular flexibility index (Phi) is 4.87.